The summed E-state index contributed by atoms with van der Waals surface area (Å²) in [5.74, 6) is 1.46. The first-order valence-corrected chi connectivity index (χ1v) is 11.5. The number of halogens is 1. The maximum absolute atomic E-state index is 5.65. The molecule has 0 unspecified atom stereocenters. The van der Waals surface area contributed by atoms with Crippen LogP contribution in [-0.2, 0) is 11.3 Å². The van der Waals surface area contributed by atoms with Gasteiger partial charge >= 0.3 is 0 Å². The van der Waals surface area contributed by atoms with Gasteiger partial charge in [0.2, 0.25) is 5.89 Å². The average molecular weight is 553 g/mol. The number of aromatic nitrogens is 1. The number of hydrogen-bond acceptors (Lipinski definition) is 5. The molecular formula is C24H36IN5O2. The van der Waals surface area contributed by atoms with E-state index in [0.29, 0.717) is 17.9 Å². The van der Waals surface area contributed by atoms with Crippen LogP contribution in [-0.4, -0.2) is 62.3 Å². The lowest BCUT2D eigenvalue weighted by Crippen LogP contribution is -2.51. The summed E-state index contributed by atoms with van der Waals surface area (Å²) >= 11 is 0. The van der Waals surface area contributed by atoms with Crippen LogP contribution < -0.4 is 10.6 Å². The van der Waals surface area contributed by atoms with Crippen LogP contribution in [0.3, 0.4) is 0 Å². The minimum atomic E-state index is 0. The predicted molar refractivity (Wildman–Crippen MR) is 138 cm³/mol. The standard InChI is InChI=1S/C24H35N5O2.HI/c1-25-23(26-16-21-17-31-22(28-21)20-8-4-2-5-9-20)27-18-24(10-6-3-7-11-24)19-29-12-14-30-15-13-29;/h2,4-5,8-9,17H,3,6-7,10-16,18-19H2,1H3,(H2,25,26,27);1H. The van der Waals surface area contributed by atoms with Gasteiger partial charge in [-0.1, -0.05) is 37.5 Å². The van der Waals surface area contributed by atoms with Crippen LogP contribution in [0.15, 0.2) is 46.0 Å². The molecule has 1 aromatic heterocycles. The third kappa shape index (κ3) is 6.92. The van der Waals surface area contributed by atoms with Crippen LogP contribution in [0.1, 0.15) is 37.8 Å². The molecule has 2 N–H and O–H groups in total. The van der Waals surface area contributed by atoms with E-state index in [2.05, 4.69) is 25.5 Å². The zero-order chi connectivity index (χ0) is 21.4. The molecule has 7 nitrogen and oxygen atoms in total. The molecule has 2 aliphatic rings. The molecule has 176 valence electrons. The van der Waals surface area contributed by atoms with Crippen molar-refractivity contribution >= 4 is 29.9 Å². The number of rotatable bonds is 7. The molecule has 32 heavy (non-hydrogen) atoms. The van der Waals surface area contributed by atoms with Crippen molar-refractivity contribution in [1.82, 2.24) is 20.5 Å². The Bertz CT molecular complexity index is 830. The Hall–Kier alpha value is -1.65. The van der Waals surface area contributed by atoms with E-state index in [1.807, 2.05) is 37.4 Å². The van der Waals surface area contributed by atoms with Gasteiger partial charge in [0.1, 0.15) is 6.26 Å². The second kappa shape index (κ2) is 12.6. The summed E-state index contributed by atoms with van der Waals surface area (Å²) in [5.41, 5.74) is 2.16. The van der Waals surface area contributed by atoms with E-state index in [1.54, 1.807) is 6.26 Å². The Labute approximate surface area is 208 Å². The summed E-state index contributed by atoms with van der Waals surface area (Å²) in [5, 5.41) is 6.99. The Balaban J connectivity index is 0.00000289. The van der Waals surface area contributed by atoms with E-state index in [-0.39, 0.29) is 24.0 Å². The zero-order valence-corrected chi connectivity index (χ0v) is 21.3. The molecule has 1 aliphatic heterocycles. The number of guanidine groups is 1. The molecular weight excluding hydrogens is 517 g/mol. The van der Waals surface area contributed by atoms with Crippen LogP contribution >= 0.6 is 24.0 Å². The Morgan fingerprint density at radius 3 is 2.56 bits per heavy atom. The number of oxazole rings is 1. The van der Waals surface area contributed by atoms with Crippen molar-refractivity contribution in [2.45, 2.75) is 38.6 Å². The normalized spacial score (nSPS) is 19.2. The average Bonchev–Trinajstić information content (AvgIpc) is 3.30. The molecule has 0 radical (unpaired) electrons. The Kier molecular flexibility index (Phi) is 9.80. The molecule has 0 amide bonds. The van der Waals surface area contributed by atoms with Crippen LogP contribution in [0.4, 0.5) is 0 Å². The first-order chi connectivity index (χ1) is 15.3. The van der Waals surface area contributed by atoms with Crippen molar-refractivity contribution in [3.05, 3.63) is 42.3 Å². The van der Waals surface area contributed by atoms with Gasteiger partial charge in [0.05, 0.1) is 25.5 Å². The van der Waals surface area contributed by atoms with Gasteiger partial charge in [-0.2, -0.15) is 0 Å². The molecule has 2 heterocycles. The summed E-state index contributed by atoms with van der Waals surface area (Å²) in [6.45, 7) is 6.47. The zero-order valence-electron chi connectivity index (χ0n) is 19.0. The maximum Gasteiger partial charge on any atom is 0.226 e. The smallest absolute Gasteiger partial charge is 0.226 e. The van der Waals surface area contributed by atoms with Crippen molar-refractivity contribution < 1.29 is 9.15 Å². The van der Waals surface area contributed by atoms with E-state index >= 15 is 0 Å². The number of nitrogens with one attached hydrogen (secondary N) is 2. The van der Waals surface area contributed by atoms with Gasteiger partial charge in [0.15, 0.2) is 5.96 Å². The molecule has 1 saturated carbocycles. The van der Waals surface area contributed by atoms with Gasteiger partial charge in [0, 0.05) is 44.2 Å². The molecule has 0 bridgehead atoms. The minimum absolute atomic E-state index is 0. The molecule has 1 aliphatic carbocycles. The molecule has 4 rings (SSSR count). The van der Waals surface area contributed by atoms with Crippen molar-refractivity contribution in [1.29, 1.82) is 0 Å². The van der Waals surface area contributed by atoms with E-state index in [0.717, 1.165) is 56.6 Å². The lowest BCUT2D eigenvalue weighted by Gasteiger charge is -2.42. The second-order valence-electron chi connectivity index (χ2n) is 8.74. The molecule has 8 heteroatoms. The lowest BCUT2D eigenvalue weighted by molar-refractivity contribution is 0.00820. The summed E-state index contributed by atoms with van der Waals surface area (Å²) < 4.78 is 11.2. The lowest BCUT2D eigenvalue weighted by atomic mass is 9.73. The van der Waals surface area contributed by atoms with Crippen molar-refractivity contribution in [3.8, 4) is 11.5 Å². The molecule has 2 fully saturated rings. The molecule has 2 aromatic rings. The van der Waals surface area contributed by atoms with Crippen molar-refractivity contribution in [2.75, 3.05) is 46.4 Å². The monoisotopic (exact) mass is 553 g/mol. The highest BCUT2D eigenvalue weighted by atomic mass is 127. The van der Waals surface area contributed by atoms with E-state index in [1.165, 1.54) is 32.1 Å². The highest BCUT2D eigenvalue weighted by molar-refractivity contribution is 14.0. The largest absolute Gasteiger partial charge is 0.444 e. The highest BCUT2D eigenvalue weighted by Gasteiger charge is 2.34. The van der Waals surface area contributed by atoms with Gasteiger partial charge < -0.3 is 19.8 Å². The number of hydrogen-bond donors (Lipinski definition) is 2. The Morgan fingerprint density at radius 1 is 1.09 bits per heavy atom. The predicted octanol–water partition coefficient (Wildman–Crippen LogP) is 3.91. The molecule has 1 aromatic carbocycles. The number of benzene rings is 1. The fourth-order valence-electron chi connectivity index (χ4n) is 4.69. The van der Waals surface area contributed by atoms with Gasteiger partial charge in [-0.05, 0) is 25.0 Å². The highest BCUT2D eigenvalue weighted by Crippen LogP contribution is 2.36. The maximum atomic E-state index is 5.65. The first-order valence-electron chi connectivity index (χ1n) is 11.5. The fraction of sp³-hybridized carbons (Fsp3) is 0.583. The summed E-state index contributed by atoms with van der Waals surface area (Å²) in [4.78, 5) is 11.6. The fourth-order valence-corrected chi connectivity index (χ4v) is 4.69. The van der Waals surface area contributed by atoms with Crippen molar-refractivity contribution in [2.24, 2.45) is 10.4 Å². The van der Waals surface area contributed by atoms with E-state index < -0.39 is 0 Å². The molecule has 1 saturated heterocycles. The molecule has 0 spiro atoms. The summed E-state index contributed by atoms with van der Waals surface area (Å²) in [6.07, 6.45) is 8.26. The van der Waals surface area contributed by atoms with E-state index in [9.17, 15) is 0 Å². The summed E-state index contributed by atoms with van der Waals surface area (Å²) in [6, 6.07) is 9.97. The SMILES string of the molecule is CN=C(NCc1coc(-c2ccccc2)n1)NCC1(CN2CCOCC2)CCCCC1.I. The van der Waals surface area contributed by atoms with Crippen LogP contribution in [0.5, 0.6) is 0 Å². The van der Waals surface area contributed by atoms with Crippen LogP contribution in [0.25, 0.3) is 11.5 Å². The Morgan fingerprint density at radius 2 is 1.84 bits per heavy atom. The van der Waals surface area contributed by atoms with Gasteiger partial charge in [0.25, 0.3) is 0 Å². The number of nitrogens with zero attached hydrogens (tertiary/aromatic N) is 3. The number of ether oxygens (including phenoxy) is 1. The van der Waals surface area contributed by atoms with Gasteiger partial charge in [-0.15, -0.1) is 24.0 Å². The van der Waals surface area contributed by atoms with Gasteiger partial charge in [-0.3, -0.25) is 9.89 Å². The van der Waals surface area contributed by atoms with Crippen LogP contribution in [0, 0.1) is 5.41 Å². The minimum Gasteiger partial charge on any atom is -0.444 e. The number of morpholine rings is 1. The second-order valence-corrected chi connectivity index (χ2v) is 8.74. The molecule has 0 atom stereocenters. The van der Waals surface area contributed by atoms with Crippen molar-refractivity contribution in [3.63, 3.8) is 0 Å². The first kappa shape index (κ1) is 25.0. The third-order valence-electron chi connectivity index (χ3n) is 6.44. The van der Waals surface area contributed by atoms with Gasteiger partial charge in [-0.25, -0.2) is 4.98 Å². The third-order valence-corrected chi connectivity index (χ3v) is 6.44. The summed E-state index contributed by atoms with van der Waals surface area (Å²) in [7, 11) is 1.82. The van der Waals surface area contributed by atoms with E-state index in [4.69, 9.17) is 9.15 Å². The topological polar surface area (TPSA) is 74.9 Å². The number of aliphatic imine (C=N–C) groups is 1. The van der Waals surface area contributed by atoms with Crippen LogP contribution in [0.2, 0.25) is 0 Å². The quantitative estimate of drug-likeness (QED) is 0.308.